The molecule has 8 heteroatoms. The molecule has 7 nitrogen and oxygen atoms in total. The van der Waals surface area contributed by atoms with E-state index >= 15 is 0 Å². The van der Waals surface area contributed by atoms with Gasteiger partial charge in [0.1, 0.15) is 11.5 Å². The van der Waals surface area contributed by atoms with Crippen LogP contribution in [0.1, 0.15) is 28.9 Å². The van der Waals surface area contributed by atoms with Crippen LogP contribution in [-0.2, 0) is 18.4 Å². The van der Waals surface area contributed by atoms with Crippen molar-refractivity contribution in [1.29, 1.82) is 0 Å². The Bertz CT molecular complexity index is 1080. The van der Waals surface area contributed by atoms with Crippen LogP contribution in [0.5, 0.6) is 0 Å². The normalized spacial score (nSPS) is 13.7. The van der Waals surface area contributed by atoms with E-state index < -0.39 is 0 Å². The minimum absolute atomic E-state index is 0.0465. The lowest BCUT2D eigenvalue weighted by Crippen LogP contribution is -2.26. The fourth-order valence-corrected chi connectivity index (χ4v) is 3.39. The van der Waals surface area contributed by atoms with Crippen molar-refractivity contribution < 1.29 is 14.0 Å². The molecule has 3 heterocycles. The van der Waals surface area contributed by atoms with E-state index in [1.807, 2.05) is 6.07 Å². The van der Waals surface area contributed by atoms with Gasteiger partial charge in [0.05, 0.1) is 6.20 Å². The molecule has 29 heavy (non-hydrogen) atoms. The van der Waals surface area contributed by atoms with Crippen LogP contribution in [0.25, 0.3) is 11.1 Å². The summed E-state index contributed by atoms with van der Waals surface area (Å²) in [5, 5.41) is 6.86. The van der Waals surface area contributed by atoms with E-state index in [1.165, 1.54) is 18.3 Å². The average Bonchev–Trinajstić information content (AvgIpc) is 3.34. The highest BCUT2D eigenvalue weighted by molar-refractivity contribution is 5.98. The third kappa shape index (κ3) is 4.16. The fraction of sp³-hybridized carbons (Fsp3) is 0.238. The summed E-state index contributed by atoms with van der Waals surface area (Å²) >= 11 is 0. The van der Waals surface area contributed by atoms with Gasteiger partial charge in [0.2, 0.25) is 5.91 Å². The lowest BCUT2D eigenvalue weighted by atomic mass is 10.1. The second-order valence-electron chi connectivity index (χ2n) is 6.98. The van der Waals surface area contributed by atoms with Crippen LogP contribution in [0.2, 0.25) is 0 Å². The minimum atomic E-state index is -0.386. The van der Waals surface area contributed by atoms with Crippen molar-refractivity contribution in [2.75, 3.05) is 11.4 Å². The molecule has 2 aromatic heterocycles. The van der Waals surface area contributed by atoms with Gasteiger partial charge in [-0.2, -0.15) is 5.10 Å². The standard InChI is InChI=1S/C21H20FN5O2/c1-26-13-16(12-25-26)15-7-14(8-17(22)9-15)11-24-21(29)19-10-18(4-5-23-19)27-6-2-3-20(27)28/h4-5,7-10,12-13H,2-3,6,11H2,1H3,(H,24,29). The highest BCUT2D eigenvalue weighted by atomic mass is 19.1. The molecular weight excluding hydrogens is 373 g/mol. The zero-order chi connectivity index (χ0) is 20.4. The maximum absolute atomic E-state index is 14.0. The van der Waals surface area contributed by atoms with E-state index in [9.17, 15) is 14.0 Å². The number of nitrogens with one attached hydrogen (secondary N) is 1. The number of amides is 2. The van der Waals surface area contributed by atoms with Crippen LogP contribution in [0.4, 0.5) is 10.1 Å². The molecule has 3 aromatic rings. The summed E-state index contributed by atoms with van der Waals surface area (Å²) in [6, 6.07) is 7.94. The van der Waals surface area contributed by atoms with Crippen LogP contribution in [0, 0.1) is 5.82 Å². The summed E-state index contributed by atoms with van der Waals surface area (Å²) in [5.41, 5.74) is 2.99. The summed E-state index contributed by atoms with van der Waals surface area (Å²) in [5.74, 6) is -0.723. The largest absolute Gasteiger partial charge is 0.347 e. The van der Waals surface area contributed by atoms with E-state index in [-0.39, 0.29) is 29.9 Å². The quantitative estimate of drug-likeness (QED) is 0.723. The van der Waals surface area contributed by atoms with Gasteiger partial charge in [0, 0.05) is 50.2 Å². The third-order valence-corrected chi connectivity index (χ3v) is 4.81. The van der Waals surface area contributed by atoms with Gasteiger partial charge in [-0.15, -0.1) is 0 Å². The van der Waals surface area contributed by atoms with Crippen LogP contribution in [0.3, 0.4) is 0 Å². The highest BCUT2D eigenvalue weighted by Gasteiger charge is 2.22. The van der Waals surface area contributed by atoms with Gasteiger partial charge < -0.3 is 10.2 Å². The number of halogens is 1. The number of aromatic nitrogens is 3. The number of benzene rings is 1. The molecule has 1 fully saturated rings. The molecule has 0 radical (unpaired) electrons. The van der Waals surface area contributed by atoms with E-state index in [0.717, 1.165) is 12.0 Å². The van der Waals surface area contributed by atoms with Crippen LogP contribution >= 0.6 is 0 Å². The SMILES string of the molecule is Cn1cc(-c2cc(F)cc(CNC(=O)c3cc(N4CCCC4=O)ccn3)c2)cn1. The summed E-state index contributed by atoms with van der Waals surface area (Å²) in [6.45, 7) is 0.794. The van der Waals surface area contributed by atoms with Gasteiger partial charge >= 0.3 is 0 Å². The number of anilines is 1. The Labute approximate surface area is 167 Å². The van der Waals surface area contributed by atoms with Crippen molar-refractivity contribution in [2.45, 2.75) is 19.4 Å². The number of aryl methyl sites for hydroxylation is 1. The van der Waals surface area contributed by atoms with E-state index in [1.54, 1.807) is 41.2 Å². The molecule has 0 unspecified atom stereocenters. The molecule has 2 amide bonds. The monoisotopic (exact) mass is 393 g/mol. The van der Waals surface area contributed by atoms with Crippen molar-refractivity contribution in [1.82, 2.24) is 20.1 Å². The molecule has 0 atom stereocenters. The van der Waals surface area contributed by atoms with Crippen LogP contribution < -0.4 is 10.2 Å². The molecule has 1 saturated heterocycles. The molecule has 1 aromatic carbocycles. The molecular formula is C21H20FN5O2. The summed E-state index contributed by atoms with van der Waals surface area (Å²) < 4.78 is 15.7. The Balaban J connectivity index is 1.47. The molecule has 1 aliphatic heterocycles. The topological polar surface area (TPSA) is 80.1 Å². The lowest BCUT2D eigenvalue weighted by molar-refractivity contribution is -0.117. The maximum atomic E-state index is 14.0. The second kappa shape index (κ2) is 7.83. The fourth-order valence-electron chi connectivity index (χ4n) is 3.39. The number of carbonyl (C=O) groups excluding carboxylic acids is 2. The van der Waals surface area contributed by atoms with Gasteiger partial charge in [-0.25, -0.2) is 4.39 Å². The number of hydrogen-bond acceptors (Lipinski definition) is 4. The van der Waals surface area contributed by atoms with Crippen molar-refractivity contribution in [3.8, 4) is 11.1 Å². The Morgan fingerprint density at radius 1 is 1.24 bits per heavy atom. The summed E-state index contributed by atoms with van der Waals surface area (Å²) in [4.78, 5) is 30.2. The van der Waals surface area contributed by atoms with Gasteiger partial charge in [0.25, 0.3) is 5.91 Å². The van der Waals surface area contributed by atoms with Crippen LogP contribution in [0.15, 0.2) is 48.9 Å². The van der Waals surface area contributed by atoms with Crippen molar-refractivity contribution in [3.63, 3.8) is 0 Å². The van der Waals surface area contributed by atoms with Crippen molar-refractivity contribution in [3.05, 3.63) is 66.0 Å². The average molecular weight is 393 g/mol. The maximum Gasteiger partial charge on any atom is 0.270 e. The van der Waals surface area contributed by atoms with Crippen molar-refractivity contribution >= 4 is 17.5 Å². The summed E-state index contributed by atoms with van der Waals surface area (Å²) in [7, 11) is 1.79. The molecule has 0 bridgehead atoms. The first kappa shape index (κ1) is 18.8. The molecule has 0 aliphatic carbocycles. The van der Waals surface area contributed by atoms with E-state index in [0.29, 0.717) is 29.8 Å². The Hall–Kier alpha value is -3.55. The highest BCUT2D eigenvalue weighted by Crippen LogP contribution is 2.23. The predicted molar refractivity (Wildman–Crippen MR) is 106 cm³/mol. The van der Waals surface area contributed by atoms with Crippen LogP contribution in [-0.4, -0.2) is 33.1 Å². The number of pyridine rings is 1. The zero-order valence-corrected chi connectivity index (χ0v) is 15.9. The summed E-state index contributed by atoms with van der Waals surface area (Å²) in [6.07, 6.45) is 6.29. The zero-order valence-electron chi connectivity index (χ0n) is 15.9. The molecule has 1 aliphatic rings. The first-order chi connectivity index (χ1) is 14.0. The van der Waals surface area contributed by atoms with Gasteiger partial charge in [-0.05, 0) is 47.9 Å². The molecule has 148 valence electrons. The van der Waals surface area contributed by atoms with Gasteiger partial charge in [-0.1, -0.05) is 0 Å². The second-order valence-corrected chi connectivity index (χ2v) is 6.98. The number of nitrogens with zero attached hydrogens (tertiary/aromatic N) is 4. The Kier molecular flexibility index (Phi) is 5.07. The van der Waals surface area contributed by atoms with E-state index in [4.69, 9.17) is 0 Å². The van der Waals surface area contributed by atoms with E-state index in [2.05, 4.69) is 15.4 Å². The molecule has 1 N–H and O–H groups in total. The number of carbonyl (C=O) groups is 2. The lowest BCUT2D eigenvalue weighted by Gasteiger charge is -2.16. The molecule has 4 rings (SSSR count). The molecule has 0 spiro atoms. The van der Waals surface area contributed by atoms with Gasteiger partial charge in [0.15, 0.2) is 0 Å². The first-order valence-electron chi connectivity index (χ1n) is 9.33. The first-order valence-corrected chi connectivity index (χ1v) is 9.33. The third-order valence-electron chi connectivity index (χ3n) is 4.81. The number of hydrogen-bond donors (Lipinski definition) is 1. The Morgan fingerprint density at radius 3 is 2.83 bits per heavy atom. The number of rotatable bonds is 5. The van der Waals surface area contributed by atoms with Gasteiger partial charge in [-0.3, -0.25) is 19.3 Å². The predicted octanol–water partition coefficient (Wildman–Crippen LogP) is 2.68. The minimum Gasteiger partial charge on any atom is -0.347 e. The van der Waals surface area contributed by atoms with Crippen molar-refractivity contribution in [2.24, 2.45) is 7.05 Å². The Morgan fingerprint density at radius 2 is 2.10 bits per heavy atom. The smallest absolute Gasteiger partial charge is 0.270 e. The molecule has 0 saturated carbocycles.